The van der Waals surface area contributed by atoms with Gasteiger partial charge in [0.05, 0.1) is 11.0 Å². The average Bonchev–Trinajstić information content (AvgIpc) is 3.20. The van der Waals surface area contributed by atoms with Crippen molar-refractivity contribution in [2.45, 2.75) is 19.3 Å². The number of hydrogen-bond acceptors (Lipinski definition) is 3. The van der Waals surface area contributed by atoms with Crippen LogP contribution in [0.2, 0.25) is 0 Å². The number of carbonyl (C=O) groups excluding carboxylic acids is 1. The highest BCUT2D eigenvalue weighted by atomic mass is 19.4. The van der Waals surface area contributed by atoms with Gasteiger partial charge in [-0.25, -0.2) is 9.78 Å². The number of benzene rings is 2. The number of alkyl halides is 3. The molecule has 0 fully saturated rings. The lowest BCUT2D eigenvalue weighted by atomic mass is 10.2. The number of imidazole rings is 1. The Morgan fingerprint density at radius 1 is 1.11 bits per heavy atom. The molecule has 5 nitrogen and oxygen atoms in total. The molecule has 2 aromatic carbocycles. The summed E-state index contributed by atoms with van der Waals surface area (Å²) in [5, 5.41) is 0.539. The third-order valence-corrected chi connectivity index (χ3v) is 4.14. The van der Waals surface area contributed by atoms with Gasteiger partial charge in [0.15, 0.2) is 0 Å². The van der Waals surface area contributed by atoms with Crippen molar-refractivity contribution in [1.82, 2.24) is 14.5 Å². The Hall–Kier alpha value is -3.29. The summed E-state index contributed by atoms with van der Waals surface area (Å²) in [4.78, 5) is 19.7. The molecular weight excluding hydrogens is 359 g/mol. The average molecular weight is 373 g/mol. The summed E-state index contributed by atoms with van der Waals surface area (Å²) < 4.78 is 45.0. The van der Waals surface area contributed by atoms with Gasteiger partial charge in [-0.2, -0.15) is 13.2 Å². The standard InChI is InChI=1S/C19H14F3N3O2/c20-19(21,22)11-25-15-8-4-1-5-12(15)9-16(25)18(26)27-10-17-23-13-6-2-3-7-14(13)24-17/h1-9H,10-11H2,(H,23,24). The molecule has 0 aliphatic heterocycles. The lowest BCUT2D eigenvalue weighted by Gasteiger charge is -2.12. The van der Waals surface area contributed by atoms with Gasteiger partial charge >= 0.3 is 12.1 Å². The molecule has 4 aromatic rings. The van der Waals surface area contributed by atoms with Gasteiger partial charge in [-0.1, -0.05) is 30.3 Å². The van der Waals surface area contributed by atoms with Gasteiger partial charge in [-0.15, -0.1) is 0 Å². The van der Waals surface area contributed by atoms with Crippen LogP contribution in [0, 0.1) is 0 Å². The monoisotopic (exact) mass is 373 g/mol. The molecule has 0 unspecified atom stereocenters. The van der Waals surface area contributed by atoms with E-state index in [2.05, 4.69) is 9.97 Å². The van der Waals surface area contributed by atoms with Gasteiger partial charge in [0.1, 0.15) is 24.7 Å². The fourth-order valence-corrected chi connectivity index (χ4v) is 3.01. The van der Waals surface area contributed by atoms with E-state index in [9.17, 15) is 18.0 Å². The minimum absolute atomic E-state index is 0.148. The normalized spacial score (nSPS) is 12.0. The van der Waals surface area contributed by atoms with Crippen LogP contribution in [0.1, 0.15) is 16.3 Å². The van der Waals surface area contributed by atoms with Crippen molar-refractivity contribution in [1.29, 1.82) is 0 Å². The summed E-state index contributed by atoms with van der Waals surface area (Å²) in [5.41, 5.74) is 1.68. The molecule has 138 valence electrons. The molecule has 0 saturated carbocycles. The second-order valence-corrected chi connectivity index (χ2v) is 6.07. The topological polar surface area (TPSA) is 59.9 Å². The predicted octanol–water partition coefficient (Wildman–Crippen LogP) is 4.44. The number of H-pyrrole nitrogens is 1. The maximum Gasteiger partial charge on any atom is 0.406 e. The number of ether oxygens (including phenoxy) is 1. The van der Waals surface area contributed by atoms with Crippen LogP contribution < -0.4 is 0 Å². The van der Waals surface area contributed by atoms with E-state index in [0.717, 1.165) is 15.6 Å². The fourth-order valence-electron chi connectivity index (χ4n) is 3.01. The summed E-state index contributed by atoms with van der Waals surface area (Å²) >= 11 is 0. The molecule has 0 radical (unpaired) electrons. The Kier molecular flexibility index (Phi) is 4.10. The van der Waals surface area contributed by atoms with Crippen molar-refractivity contribution in [2.24, 2.45) is 0 Å². The van der Waals surface area contributed by atoms with E-state index >= 15 is 0 Å². The number of carbonyl (C=O) groups is 1. The number of nitrogens with one attached hydrogen (secondary N) is 1. The summed E-state index contributed by atoms with van der Waals surface area (Å²) in [5.74, 6) is -0.418. The number of halogens is 3. The molecule has 0 aliphatic rings. The van der Waals surface area contributed by atoms with Crippen LogP contribution >= 0.6 is 0 Å². The maximum atomic E-state index is 13.0. The fraction of sp³-hybridized carbons (Fsp3) is 0.158. The largest absolute Gasteiger partial charge is 0.453 e. The summed E-state index contributed by atoms with van der Waals surface area (Å²) in [6.45, 7) is -1.43. The molecular formula is C19H14F3N3O2. The molecule has 0 amide bonds. The van der Waals surface area contributed by atoms with Gasteiger partial charge in [-0.3, -0.25) is 0 Å². The van der Waals surface area contributed by atoms with Crippen LogP contribution in [0.25, 0.3) is 21.9 Å². The van der Waals surface area contributed by atoms with E-state index in [0.29, 0.717) is 16.7 Å². The number of aromatic nitrogens is 3. The van der Waals surface area contributed by atoms with E-state index in [1.165, 1.54) is 12.1 Å². The number of nitrogens with zero attached hydrogens (tertiary/aromatic N) is 2. The molecule has 0 saturated heterocycles. The Morgan fingerprint density at radius 2 is 1.85 bits per heavy atom. The first-order valence-electron chi connectivity index (χ1n) is 8.16. The van der Waals surface area contributed by atoms with Crippen LogP contribution in [0.15, 0.2) is 54.6 Å². The van der Waals surface area contributed by atoms with Gasteiger partial charge in [0, 0.05) is 10.9 Å². The highest BCUT2D eigenvalue weighted by Gasteiger charge is 2.31. The molecule has 1 N–H and O–H groups in total. The van der Waals surface area contributed by atoms with E-state index in [1.54, 1.807) is 24.3 Å². The predicted molar refractivity (Wildman–Crippen MR) is 93.2 cm³/mol. The number of esters is 1. The molecule has 2 heterocycles. The zero-order valence-electron chi connectivity index (χ0n) is 14.0. The Labute approximate surface area is 151 Å². The molecule has 4 rings (SSSR count). The number of rotatable bonds is 4. The van der Waals surface area contributed by atoms with Crippen LogP contribution in [-0.2, 0) is 17.9 Å². The quantitative estimate of drug-likeness (QED) is 0.538. The molecule has 0 atom stereocenters. The maximum absolute atomic E-state index is 13.0. The highest BCUT2D eigenvalue weighted by Crippen LogP contribution is 2.26. The Balaban J connectivity index is 1.60. The van der Waals surface area contributed by atoms with Gasteiger partial charge < -0.3 is 14.3 Å². The number of fused-ring (bicyclic) bond motifs is 2. The van der Waals surface area contributed by atoms with Gasteiger partial charge in [0.25, 0.3) is 0 Å². The Morgan fingerprint density at radius 3 is 2.63 bits per heavy atom. The summed E-state index contributed by atoms with van der Waals surface area (Å²) in [6.07, 6.45) is -4.46. The van der Waals surface area contributed by atoms with E-state index in [1.807, 2.05) is 18.2 Å². The molecule has 0 spiro atoms. The van der Waals surface area contributed by atoms with E-state index in [4.69, 9.17) is 4.74 Å². The molecule has 2 aromatic heterocycles. The highest BCUT2D eigenvalue weighted by molar-refractivity contribution is 5.95. The molecule has 8 heteroatoms. The lowest BCUT2D eigenvalue weighted by molar-refractivity contribution is -0.140. The van der Waals surface area contributed by atoms with Crippen LogP contribution in [-0.4, -0.2) is 26.7 Å². The first-order valence-corrected chi connectivity index (χ1v) is 8.16. The van der Waals surface area contributed by atoms with Gasteiger partial charge in [0.2, 0.25) is 0 Å². The van der Waals surface area contributed by atoms with Crippen molar-refractivity contribution < 1.29 is 22.7 Å². The van der Waals surface area contributed by atoms with E-state index < -0.39 is 18.7 Å². The first kappa shape index (κ1) is 17.1. The number of hydrogen-bond donors (Lipinski definition) is 1. The zero-order valence-corrected chi connectivity index (χ0v) is 14.0. The lowest BCUT2D eigenvalue weighted by Crippen LogP contribution is -2.21. The van der Waals surface area contributed by atoms with Crippen LogP contribution in [0.5, 0.6) is 0 Å². The second kappa shape index (κ2) is 6.46. The summed E-state index contributed by atoms with van der Waals surface area (Å²) in [7, 11) is 0. The minimum Gasteiger partial charge on any atom is -0.453 e. The van der Waals surface area contributed by atoms with Crippen LogP contribution in [0.3, 0.4) is 0 Å². The van der Waals surface area contributed by atoms with Crippen molar-refractivity contribution in [2.75, 3.05) is 0 Å². The number of para-hydroxylation sites is 3. The van der Waals surface area contributed by atoms with Crippen molar-refractivity contribution in [3.63, 3.8) is 0 Å². The molecule has 27 heavy (non-hydrogen) atoms. The van der Waals surface area contributed by atoms with Crippen molar-refractivity contribution in [3.8, 4) is 0 Å². The summed E-state index contributed by atoms with van der Waals surface area (Å²) in [6, 6.07) is 15.2. The SMILES string of the molecule is O=C(OCc1nc2ccccc2[nH]1)c1cc2ccccc2n1CC(F)(F)F. The zero-order chi connectivity index (χ0) is 19.0. The third-order valence-electron chi connectivity index (χ3n) is 4.14. The Bertz CT molecular complexity index is 1100. The van der Waals surface area contributed by atoms with Crippen molar-refractivity contribution >= 4 is 27.9 Å². The number of aromatic amines is 1. The van der Waals surface area contributed by atoms with Gasteiger partial charge in [-0.05, 0) is 24.3 Å². The van der Waals surface area contributed by atoms with Crippen molar-refractivity contribution in [3.05, 3.63) is 66.1 Å². The molecule has 0 bridgehead atoms. The van der Waals surface area contributed by atoms with Crippen LogP contribution in [0.4, 0.5) is 13.2 Å². The third kappa shape index (κ3) is 3.51. The first-order chi connectivity index (χ1) is 12.9. The second-order valence-electron chi connectivity index (χ2n) is 6.07. The van der Waals surface area contributed by atoms with E-state index in [-0.39, 0.29) is 12.3 Å². The minimum atomic E-state index is -4.46. The smallest absolute Gasteiger partial charge is 0.406 e. The molecule has 0 aliphatic carbocycles.